The van der Waals surface area contributed by atoms with Crippen molar-refractivity contribution < 1.29 is 14.3 Å². The number of carbonyl (C=O) groups is 1. The Labute approximate surface area is 137 Å². The van der Waals surface area contributed by atoms with Crippen molar-refractivity contribution in [3.05, 3.63) is 35.9 Å². The number of carbonyl (C=O) groups excluding carboxylic acids is 1. The Morgan fingerprint density at radius 1 is 1.22 bits per heavy atom. The largest absolute Gasteiger partial charge is 0.446 e. The molecule has 0 aliphatic carbocycles. The number of esters is 1. The van der Waals surface area contributed by atoms with E-state index in [1.807, 2.05) is 37.3 Å². The van der Waals surface area contributed by atoms with Crippen molar-refractivity contribution in [3.63, 3.8) is 0 Å². The van der Waals surface area contributed by atoms with Gasteiger partial charge in [-0.15, -0.1) is 0 Å². The Balaban J connectivity index is 1.75. The van der Waals surface area contributed by atoms with E-state index in [1.54, 1.807) is 0 Å². The molecule has 0 radical (unpaired) electrons. The summed E-state index contributed by atoms with van der Waals surface area (Å²) < 4.78 is 11.3. The van der Waals surface area contributed by atoms with Crippen LogP contribution in [0, 0.1) is 0 Å². The van der Waals surface area contributed by atoms with E-state index >= 15 is 0 Å². The second-order valence-corrected chi connectivity index (χ2v) is 6.35. The third-order valence-electron chi connectivity index (χ3n) is 5.01. The molecule has 126 valence electrons. The molecule has 2 aliphatic rings. The van der Waals surface area contributed by atoms with E-state index in [2.05, 4.69) is 10.2 Å². The van der Waals surface area contributed by atoms with Gasteiger partial charge in [0.05, 0.1) is 18.6 Å². The number of piperidine rings is 1. The van der Waals surface area contributed by atoms with Gasteiger partial charge >= 0.3 is 5.97 Å². The number of benzene rings is 1. The van der Waals surface area contributed by atoms with Gasteiger partial charge in [-0.2, -0.15) is 0 Å². The Bertz CT molecular complexity index is 508. The van der Waals surface area contributed by atoms with Gasteiger partial charge in [0.1, 0.15) is 0 Å². The summed E-state index contributed by atoms with van der Waals surface area (Å²) >= 11 is 0. The third-order valence-corrected chi connectivity index (χ3v) is 5.01. The van der Waals surface area contributed by atoms with E-state index in [9.17, 15) is 4.79 Å². The quantitative estimate of drug-likeness (QED) is 0.853. The fourth-order valence-electron chi connectivity index (χ4n) is 3.50. The first-order chi connectivity index (χ1) is 11.2. The van der Waals surface area contributed by atoms with Crippen LogP contribution in [0.2, 0.25) is 0 Å². The van der Waals surface area contributed by atoms with Crippen molar-refractivity contribution in [3.8, 4) is 0 Å². The number of rotatable bonds is 4. The number of nitrogens with one attached hydrogen (secondary N) is 1. The van der Waals surface area contributed by atoms with Crippen LogP contribution in [0.1, 0.15) is 25.3 Å². The summed E-state index contributed by atoms with van der Waals surface area (Å²) in [6.07, 6.45) is 1.36. The summed E-state index contributed by atoms with van der Waals surface area (Å²) in [5.74, 6) is -0.0933. The maximum Gasteiger partial charge on any atom is 0.318 e. The first-order valence-corrected chi connectivity index (χ1v) is 8.51. The first kappa shape index (κ1) is 16.4. The molecular weight excluding hydrogens is 292 g/mol. The molecule has 2 fully saturated rings. The minimum absolute atomic E-state index is 0.0933. The number of morpholine rings is 1. The highest BCUT2D eigenvalue weighted by molar-refractivity contribution is 5.83. The molecule has 0 spiro atoms. The average molecular weight is 318 g/mol. The Kier molecular flexibility index (Phi) is 5.30. The van der Waals surface area contributed by atoms with Gasteiger partial charge in [0, 0.05) is 13.1 Å². The summed E-state index contributed by atoms with van der Waals surface area (Å²) in [5.41, 5.74) is 0.549. The molecule has 0 amide bonds. The molecule has 0 bridgehead atoms. The molecule has 5 heteroatoms. The maximum absolute atomic E-state index is 13.1. The van der Waals surface area contributed by atoms with Crippen molar-refractivity contribution in [1.82, 2.24) is 10.2 Å². The lowest BCUT2D eigenvalue weighted by Crippen LogP contribution is -2.50. The lowest BCUT2D eigenvalue weighted by molar-refractivity contribution is -0.169. The highest BCUT2D eigenvalue weighted by atomic mass is 16.6. The lowest BCUT2D eigenvalue weighted by Gasteiger charge is -2.38. The minimum atomic E-state index is -0.521. The fourth-order valence-corrected chi connectivity index (χ4v) is 3.50. The van der Waals surface area contributed by atoms with Gasteiger partial charge in [0.15, 0.2) is 6.23 Å². The normalized spacial score (nSPS) is 23.2. The molecule has 1 atom stereocenters. The Morgan fingerprint density at radius 2 is 1.87 bits per heavy atom. The molecule has 2 aliphatic heterocycles. The Hall–Kier alpha value is -1.43. The SMILES string of the molecule is CC(OC(=O)C1(c2ccccc2)CCNCC1)N1CCOCC1. The average Bonchev–Trinajstić information content (AvgIpc) is 2.63. The zero-order valence-electron chi connectivity index (χ0n) is 13.8. The minimum Gasteiger partial charge on any atom is -0.446 e. The maximum atomic E-state index is 13.1. The second kappa shape index (κ2) is 7.43. The molecule has 23 heavy (non-hydrogen) atoms. The van der Waals surface area contributed by atoms with Crippen molar-refractivity contribution in [2.75, 3.05) is 39.4 Å². The standard InChI is InChI=1S/C18H26N2O3/c1-15(20-11-13-22-14-12-20)23-17(21)18(7-9-19-10-8-18)16-5-3-2-4-6-16/h2-6,15,19H,7-14H2,1H3. The van der Waals surface area contributed by atoms with Gasteiger partial charge < -0.3 is 14.8 Å². The molecule has 0 aromatic heterocycles. The summed E-state index contributed by atoms with van der Waals surface area (Å²) in [6, 6.07) is 10.1. The zero-order valence-corrected chi connectivity index (χ0v) is 13.8. The summed E-state index contributed by atoms with van der Waals surface area (Å²) in [4.78, 5) is 15.2. The Morgan fingerprint density at radius 3 is 2.52 bits per heavy atom. The number of nitrogens with zero attached hydrogens (tertiary/aromatic N) is 1. The summed E-state index contributed by atoms with van der Waals surface area (Å²) in [5, 5.41) is 3.35. The molecule has 1 N–H and O–H groups in total. The van der Waals surface area contributed by atoms with Gasteiger partial charge in [-0.3, -0.25) is 9.69 Å². The fraction of sp³-hybridized carbons (Fsp3) is 0.611. The zero-order chi connectivity index (χ0) is 16.1. The van der Waals surface area contributed by atoms with Crippen molar-refractivity contribution in [1.29, 1.82) is 0 Å². The summed E-state index contributed by atoms with van der Waals surface area (Å²) in [6.45, 7) is 6.68. The van der Waals surface area contributed by atoms with Gasteiger partial charge in [0.25, 0.3) is 0 Å². The topological polar surface area (TPSA) is 50.8 Å². The highest BCUT2D eigenvalue weighted by Crippen LogP contribution is 2.35. The van der Waals surface area contributed by atoms with Gasteiger partial charge in [-0.1, -0.05) is 30.3 Å². The van der Waals surface area contributed by atoms with Crippen LogP contribution in [0.3, 0.4) is 0 Å². The van der Waals surface area contributed by atoms with E-state index < -0.39 is 5.41 Å². The van der Waals surface area contributed by atoms with Crippen LogP contribution in [0.25, 0.3) is 0 Å². The predicted molar refractivity (Wildman–Crippen MR) is 88.2 cm³/mol. The van der Waals surface area contributed by atoms with E-state index in [1.165, 1.54) is 0 Å². The van der Waals surface area contributed by atoms with Crippen molar-refractivity contribution in [2.24, 2.45) is 0 Å². The molecule has 2 heterocycles. The molecule has 5 nitrogen and oxygen atoms in total. The molecule has 1 unspecified atom stereocenters. The van der Waals surface area contributed by atoms with Crippen LogP contribution < -0.4 is 5.32 Å². The van der Waals surface area contributed by atoms with Crippen LogP contribution in [0.5, 0.6) is 0 Å². The van der Waals surface area contributed by atoms with Gasteiger partial charge in [-0.05, 0) is 38.4 Å². The number of hydrogen-bond donors (Lipinski definition) is 1. The second-order valence-electron chi connectivity index (χ2n) is 6.35. The van der Waals surface area contributed by atoms with Crippen LogP contribution in [0.15, 0.2) is 30.3 Å². The van der Waals surface area contributed by atoms with Crippen molar-refractivity contribution in [2.45, 2.75) is 31.4 Å². The predicted octanol–water partition coefficient (Wildman–Crippen LogP) is 1.53. The van der Waals surface area contributed by atoms with E-state index in [-0.39, 0.29) is 12.2 Å². The molecule has 3 rings (SSSR count). The van der Waals surface area contributed by atoms with Crippen LogP contribution in [-0.2, 0) is 19.7 Å². The molecular formula is C18H26N2O3. The van der Waals surface area contributed by atoms with Gasteiger partial charge in [-0.25, -0.2) is 0 Å². The molecule has 1 aromatic rings. The number of ether oxygens (including phenoxy) is 2. The van der Waals surface area contributed by atoms with E-state index in [4.69, 9.17) is 9.47 Å². The molecule has 0 saturated carbocycles. The number of hydrogen-bond acceptors (Lipinski definition) is 5. The first-order valence-electron chi connectivity index (χ1n) is 8.51. The summed E-state index contributed by atoms with van der Waals surface area (Å²) in [7, 11) is 0. The van der Waals surface area contributed by atoms with Crippen LogP contribution in [0.4, 0.5) is 0 Å². The van der Waals surface area contributed by atoms with Crippen LogP contribution in [-0.4, -0.2) is 56.5 Å². The van der Waals surface area contributed by atoms with E-state index in [0.29, 0.717) is 13.2 Å². The van der Waals surface area contributed by atoms with Gasteiger partial charge in [0.2, 0.25) is 0 Å². The van der Waals surface area contributed by atoms with E-state index in [0.717, 1.165) is 44.6 Å². The van der Waals surface area contributed by atoms with Crippen LogP contribution >= 0.6 is 0 Å². The molecule has 2 saturated heterocycles. The monoisotopic (exact) mass is 318 g/mol. The van der Waals surface area contributed by atoms with Crippen molar-refractivity contribution >= 4 is 5.97 Å². The lowest BCUT2D eigenvalue weighted by atomic mass is 9.73. The smallest absolute Gasteiger partial charge is 0.318 e. The highest BCUT2D eigenvalue weighted by Gasteiger charge is 2.43. The third kappa shape index (κ3) is 3.57. The molecule has 1 aromatic carbocycles.